The number of nitrogens with one attached hydrogen (secondary N) is 1. The number of anilines is 1. The number of rotatable bonds is 3. The Bertz CT molecular complexity index is 912. The number of halogens is 4. The lowest BCUT2D eigenvalue weighted by atomic mass is 9.95. The number of aromatic nitrogens is 2. The maximum absolute atomic E-state index is 12.5. The number of nitrogens with zero attached hydrogens (tertiary/aromatic N) is 2. The summed E-state index contributed by atoms with van der Waals surface area (Å²) in [5, 5.41) is 9.23. The number of ether oxygens (including phenoxy) is 1. The maximum Gasteiger partial charge on any atom is 0.573 e. The van der Waals surface area contributed by atoms with Crippen LogP contribution in [0.25, 0.3) is 0 Å². The first kappa shape index (κ1) is 16.9. The quantitative estimate of drug-likeness (QED) is 0.894. The number of fused-ring (bicyclic) bond motifs is 1. The average molecular weight is 370 g/mol. The van der Waals surface area contributed by atoms with Gasteiger partial charge in [0.05, 0.1) is 23.5 Å². The zero-order valence-electron chi connectivity index (χ0n) is 12.1. The van der Waals surface area contributed by atoms with Gasteiger partial charge in [-0.25, -0.2) is 0 Å². The fourth-order valence-corrected chi connectivity index (χ4v) is 2.41. The number of benzene rings is 1. The van der Waals surface area contributed by atoms with Crippen LogP contribution in [0.4, 0.5) is 18.9 Å². The molecule has 128 valence electrons. The molecular weight excluding hydrogens is 363 g/mol. The summed E-state index contributed by atoms with van der Waals surface area (Å²) >= 11 is 5.94. The third kappa shape index (κ3) is 3.45. The van der Waals surface area contributed by atoms with Gasteiger partial charge in [0.2, 0.25) is 11.6 Å². The van der Waals surface area contributed by atoms with E-state index < -0.39 is 28.7 Å². The first-order valence-corrected chi connectivity index (χ1v) is 7.07. The molecule has 0 bridgehead atoms. The van der Waals surface area contributed by atoms with Crippen molar-refractivity contribution in [2.45, 2.75) is 6.36 Å². The van der Waals surface area contributed by atoms with Crippen LogP contribution in [0.1, 0.15) is 20.7 Å². The van der Waals surface area contributed by atoms with Crippen LogP contribution in [0.2, 0.25) is 0 Å². The van der Waals surface area contributed by atoms with Crippen LogP contribution in [0.15, 0.2) is 47.4 Å². The topological polar surface area (TPSA) is 81.2 Å². The van der Waals surface area contributed by atoms with Crippen LogP contribution < -0.4 is 10.1 Å². The van der Waals surface area contributed by atoms with Gasteiger partial charge in [-0.1, -0.05) is 17.7 Å². The smallest absolute Gasteiger partial charge is 0.406 e. The Kier molecular flexibility index (Phi) is 4.17. The molecule has 1 aliphatic rings. The van der Waals surface area contributed by atoms with Gasteiger partial charge in [-0.3, -0.25) is 9.59 Å². The van der Waals surface area contributed by atoms with E-state index >= 15 is 0 Å². The van der Waals surface area contributed by atoms with Gasteiger partial charge in [0, 0.05) is 11.8 Å². The Morgan fingerprint density at radius 2 is 1.68 bits per heavy atom. The zero-order chi connectivity index (χ0) is 18.2. The predicted molar refractivity (Wildman–Crippen MR) is 80.3 cm³/mol. The van der Waals surface area contributed by atoms with Crippen LogP contribution in [0.5, 0.6) is 5.75 Å². The molecule has 1 N–H and O–H groups in total. The summed E-state index contributed by atoms with van der Waals surface area (Å²) in [4.78, 5) is 24.6. The number of allylic oxidation sites excluding steroid dienone is 2. The lowest BCUT2D eigenvalue weighted by molar-refractivity contribution is -0.274. The van der Waals surface area contributed by atoms with Crippen molar-refractivity contribution in [1.29, 1.82) is 0 Å². The van der Waals surface area contributed by atoms with E-state index in [1.807, 2.05) is 0 Å². The molecule has 25 heavy (non-hydrogen) atoms. The lowest BCUT2D eigenvalue weighted by Crippen LogP contribution is -2.25. The van der Waals surface area contributed by atoms with Gasteiger partial charge >= 0.3 is 6.36 Å². The minimum absolute atomic E-state index is 0.00436. The molecule has 0 saturated heterocycles. The molecule has 0 amide bonds. The lowest BCUT2D eigenvalue weighted by Gasteiger charge is -2.18. The molecule has 0 spiro atoms. The van der Waals surface area contributed by atoms with Gasteiger partial charge < -0.3 is 10.1 Å². The third-order valence-electron chi connectivity index (χ3n) is 3.20. The van der Waals surface area contributed by atoms with E-state index in [0.29, 0.717) is 0 Å². The van der Waals surface area contributed by atoms with E-state index in [4.69, 9.17) is 11.6 Å². The molecule has 0 saturated carbocycles. The number of Topliss-reactive ketones (excluding diaryl/α,β-unsaturated/α-hetero) is 2. The van der Waals surface area contributed by atoms with E-state index in [1.165, 1.54) is 12.1 Å². The van der Waals surface area contributed by atoms with Crippen molar-refractivity contribution in [3.8, 4) is 5.75 Å². The molecule has 6 nitrogen and oxygen atoms in total. The van der Waals surface area contributed by atoms with Gasteiger partial charge in [-0.05, 0) is 12.1 Å². The van der Waals surface area contributed by atoms with Gasteiger partial charge in [-0.15, -0.1) is 13.2 Å². The van der Waals surface area contributed by atoms with Gasteiger partial charge in [0.1, 0.15) is 16.5 Å². The van der Waals surface area contributed by atoms with E-state index in [1.54, 1.807) is 0 Å². The van der Waals surface area contributed by atoms with Crippen molar-refractivity contribution < 1.29 is 27.5 Å². The second-order valence-electron chi connectivity index (χ2n) is 4.86. The highest BCUT2D eigenvalue weighted by atomic mass is 35.5. The number of ketones is 2. The number of hydrogen-bond acceptors (Lipinski definition) is 6. The molecule has 1 heterocycles. The summed E-state index contributed by atoms with van der Waals surface area (Å²) in [6.07, 6.45) is -2.62. The molecule has 10 heteroatoms. The van der Waals surface area contributed by atoms with Crippen molar-refractivity contribution >= 4 is 28.9 Å². The predicted octanol–water partition coefficient (Wildman–Crippen LogP) is 3.32. The maximum atomic E-state index is 12.5. The molecular formula is C15H7ClF3N3O3. The molecule has 0 atom stereocenters. The molecule has 1 aromatic carbocycles. The standard InChI is InChI=1S/C15H7ClF3N3O3/c16-11-12(14(24)10-6-21-20-5-9(10)13(11)23)22-7-2-1-3-8(4-7)25-15(17,18)19/h1-6,22H. The van der Waals surface area contributed by atoms with E-state index in [-0.39, 0.29) is 22.5 Å². The van der Waals surface area contributed by atoms with Crippen LogP contribution in [-0.2, 0) is 0 Å². The molecule has 0 radical (unpaired) electrons. The fraction of sp³-hybridized carbons (Fsp3) is 0.0667. The first-order chi connectivity index (χ1) is 11.8. The molecule has 3 rings (SSSR count). The van der Waals surface area contributed by atoms with Crippen LogP contribution in [0, 0.1) is 0 Å². The highest BCUT2D eigenvalue weighted by molar-refractivity contribution is 6.50. The Balaban J connectivity index is 1.93. The van der Waals surface area contributed by atoms with Crippen molar-refractivity contribution in [3.05, 3.63) is 58.5 Å². The summed E-state index contributed by atoms with van der Waals surface area (Å²) < 4.78 is 40.7. The first-order valence-electron chi connectivity index (χ1n) is 6.69. The third-order valence-corrected chi connectivity index (χ3v) is 3.56. The minimum atomic E-state index is -4.86. The van der Waals surface area contributed by atoms with Gasteiger partial charge in [-0.2, -0.15) is 10.2 Å². The second kappa shape index (κ2) is 6.17. The van der Waals surface area contributed by atoms with Crippen molar-refractivity contribution in [3.63, 3.8) is 0 Å². The second-order valence-corrected chi connectivity index (χ2v) is 5.24. The minimum Gasteiger partial charge on any atom is -0.406 e. The Labute approximate surface area is 143 Å². The van der Waals surface area contributed by atoms with E-state index in [2.05, 4.69) is 20.3 Å². The molecule has 1 aliphatic carbocycles. The highest BCUT2D eigenvalue weighted by Crippen LogP contribution is 2.30. The Hall–Kier alpha value is -2.94. The number of carbonyl (C=O) groups is 2. The summed E-state index contributed by atoms with van der Waals surface area (Å²) in [7, 11) is 0. The number of carbonyl (C=O) groups excluding carboxylic acids is 2. The van der Waals surface area contributed by atoms with Gasteiger partial charge in [0.15, 0.2) is 0 Å². The number of hydrogen-bond donors (Lipinski definition) is 1. The number of alkyl halides is 3. The zero-order valence-corrected chi connectivity index (χ0v) is 12.9. The summed E-state index contributed by atoms with van der Waals surface area (Å²) in [6, 6.07) is 4.78. The summed E-state index contributed by atoms with van der Waals surface area (Å²) in [6.45, 7) is 0. The molecule has 0 aliphatic heterocycles. The Morgan fingerprint density at radius 3 is 2.32 bits per heavy atom. The monoisotopic (exact) mass is 369 g/mol. The van der Waals surface area contributed by atoms with Gasteiger partial charge in [0.25, 0.3) is 0 Å². The summed E-state index contributed by atoms with van der Waals surface area (Å²) in [5.41, 5.74) is -0.183. The van der Waals surface area contributed by atoms with E-state index in [0.717, 1.165) is 24.5 Å². The fourth-order valence-electron chi connectivity index (χ4n) is 2.18. The van der Waals surface area contributed by atoms with Crippen molar-refractivity contribution in [1.82, 2.24) is 10.2 Å². The van der Waals surface area contributed by atoms with Crippen molar-refractivity contribution in [2.75, 3.05) is 5.32 Å². The van der Waals surface area contributed by atoms with E-state index in [9.17, 15) is 22.8 Å². The largest absolute Gasteiger partial charge is 0.573 e. The highest BCUT2D eigenvalue weighted by Gasteiger charge is 2.33. The van der Waals surface area contributed by atoms with Crippen LogP contribution in [0.3, 0.4) is 0 Å². The average Bonchev–Trinajstić information content (AvgIpc) is 2.55. The normalized spacial score (nSPS) is 14.4. The SMILES string of the molecule is O=C1C(Cl)=C(Nc2cccc(OC(F)(F)F)c2)C(=O)c2cnncc21. The molecule has 0 unspecified atom stereocenters. The van der Waals surface area contributed by atoms with Crippen molar-refractivity contribution in [2.24, 2.45) is 0 Å². The molecule has 2 aromatic rings. The Morgan fingerprint density at radius 1 is 1.04 bits per heavy atom. The summed E-state index contributed by atoms with van der Waals surface area (Å²) in [5.74, 6) is -1.76. The van der Waals surface area contributed by atoms with Crippen LogP contribution in [-0.4, -0.2) is 28.1 Å². The molecule has 1 aromatic heterocycles. The molecule has 0 fully saturated rings. The van der Waals surface area contributed by atoms with Crippen LogP contribution >= 0.6 is 11.6 Å².